The Kier molecular flexibility index (Phi) is 32.6. The lowest BCUT2D eigenvalue weighted by Crippen LogP contribution is -2.85. The van der Waals surface area contributed by atoms with Crippen molar-refractivity contribution >= 4 is 16.3 Å². The molecule has 7 atom stereocenters. The number of hydrogen-bond acceptors (Lipinski definition) is 11. The van der Waals surface area contributed by atoms with Crippen LogP contribution in [0.2, 0.25) is 0 Å². The molecule has 0 aromatic rings. The second kappa shape index (κ2) is 34.2. The number of carbonyl (C=O) groups excluding carboxylic acids is 1. The average molecular weight is 961 g/mol. The standard InChI is InChI=1S/C53H103NO11S/c1-8-10-12-14-16-18-20-22-23-24-25-26-27-28-29-31-33-35-37-39-41-43-48(57)54-46(47(56)42-40-38-36-34-32-30-21-19-17-15-13-11-9-2)44-63-53(7)51(5,59)52(6,65-66(60,61)62)50(4,58)49(3,45-55)64-53/h40,42,46-47,55-56,58-59H,8-39,41,43-45H2,1-7H3,(H,54,57)(H,60,61,62)/p-1/b42-40+. The van der Waals surface area contributed by atoms with Crippen molar-refractivity contribution in [1.29, 1.82) is 0 Å². The van der Waals surface area contributed by atoms with Crippen LogP contribution in [0.3, 0.4) is 0 Å². The first-order valence-electron chi connectivity index (χ1n) is 27.0. The molecule has 5 N–H and O–H groups in total. The second-order valence-corrected chi connectivity index (χ2v) is 21.6. The van der Waals surface area contributed by atoms with Gasteiger partial charge in [-0.05, 0) is 53.9 Å². The van der Waals surface area contributed by atoms with E-state index in [0.717, 1.165) is 65.7 Å². The van der Waals surface area contributed by atoms with Crippen LogP contribution in [0, 0.1) is 0 Å². The molecule has 12 nitrogen and oxygen atoms in total. The van der Waals surface area contributed by atoms with Gasteiger partial charge in [0.25, 0.3) is 0 Å². The third kappa shape index (κ3) is 23.2. The van der Waals surface area contributed by atoms with E-state index in [1.165, 1.54) is 174 Å². The molecule has 1 rings (SSSR count). The predicted octanol–water partition coefficient (Wildman–Crippen LogP) is 11.9. The normalized spacial score (nSPS) is 25.7. The molecule has 1 saturated heterocycles. The summed E-state index contributed by atoms with van der Waals surface area (Å²) in [5.74, 6) is -2.52. The van der Waals surface area contributed by atoms with Crippen LogP contribution in [0.4, 0.5) is 0 Å². The van der Waals surface area contributed by atoms with E-state index in [0.29, 0.717) is 6.42 Å². The van der Waals surface area contributed by atoms with E-state index in [2.05, 4.69) is 19.2 Å². The van der Waals surface area contributed by atoms with Crippen LogP contribution in [0.1, 0.15) is 267 Å². The molecule has 7 unspecified atom stereocenters. The zero-order chi connectivity index (χ0) is 49.4. The molecule has 0 spiro atoms. The maximum atomic E-state index is 13.3. The summed E-state index contributed by atoms with van der Waals surface area (Å²) in [6.07, 6.45) is 43.5. The summed E-state index contributed by atoms with van der Waals surface area (Å²) < 4.78 is 53.1. The van der Waals surface area contributed by atoms with Gasteiger partial charge in [0, 0.05) is 6.42 Å². The first-order valence-corrected chi connectivity index (χ1v) is 28.3. The number of hydrogen-bond donors (Lipinski definition) is 5. The molecule has 1 heterocycles. The van der Waals surface area contributed by atoms with Gasteiger partial charge in [0.15, 0.2) is 5.79 Å². The quantitative estimate of drug-likeness (QED) is 0.0169. The van der Waals surface area contributed by atoms with Gasteiger partial charge in [-0.3, -0.25) is 8.98 Å². The van der Waals surface area contributed by atoms with Gasteiger partial charge in [0.05, 0.1) is 25.4 Å². The molecule has 0 aromatic heterocycles. The molecular weight excluding hydrogens is 859 g/mol. The second-order valence-electron chi connectivity index (χ2n) is 20.7. The highest BCUT2D eigenvalue weighted by atomic mass is 32.3. The summed E-state index contributed by atoms with van der Waals surface area (Å²) in [4.78, 5) is 13.3. The van der Waals surface area contributed by atoms with Crippen LogP contribution in [0.5, 0.6) is 0 Å². The largest absolute Gasteiger partial charge is 0.726 e. The number of nitrogens with one attached hydrogen (secondary N) is 1. The third-order valence-electron chi connectivity index (χ3n) is 14.9. The van der Waals surface area contributed by atoms with Crippen LogP contribution >= 0.6 is 0 Å². The molecule has 392 valence electrons. The van der Waals surface area contributed by atoms with Crippen molar-refractivity contribution in [2.24, 2.45) is 0 Å². The maximum Gasteiger partial charge on any atom is 0.220 e. The molecule has 0 aromatic carbocycles. The van der Waals surface area contributed by atoms with Gasteiger partial charge in [-0.25, -0.2) is 8.42 Å². The van der Waals surface area contributed by atoms with Crippen LogP contribution in [0.15, 0.2) is 12.2 Å². The van der Waals surface area contributed by atoms with Crippen molar-refractivity contribution in [2.75, 3.05) is 13.2 Å². The van der Waals surface area contributed by atoms with E-state index in [4.69, 9.17) is 13.7 Å². The van der Waals surface area contributed by atoms with Crippen molar-refractivity contribution in [1.82, 2.24) is 5.32 Å². The Morgan fingerprint density at radius 1 is 0.621 bits per heavy atom. The number of amides is 1. The number of ether oxygens (including phenoxy) is 2. The summed E-state index contributed by atoms with van der Waals surface area (Å²) in [6.45, 7) is 8.97. The minimum atomic E-state index is -5.52. The zero-order valence-corrected chi connectivity index (χ0v) is 44.1. The lowest BCUT2D eigenvalue weighted by molar-refractivity contribution is -0.453. The van der Waals surface area contributed by atoms with Crippen molar-refractivity contribution in [3.05, 3.63) is 12.2 Å². The first-order chi connectivity index (χ1) is 31.3. The van der Waals surface area contributed by atoms with Crippen molar-refractivity contribution in [2.45, 2.75) is 307 Å². The Morgan fingerprint density at radius 3 is 1.35 bits per heavy atom. The molecule has 0 aliphatic carbocycles. The molecule has 66 heavy (non-hydrogen) atoms. The predicted molar refractivity (Wildman–Crippen MR) is 267 cm³/mol. The van der Waals surface area contributed by atoms with Gasteiger partial charge in [-0.1, -0.05) is 219 Å². The molecule has 1 amide bonds. The van der Waals surface area contributed by atoms with Gasteiger partial charge >= 0.3 is 0 Å². The van der Waals surface area contributed by atoms with Gasteiger partial charge < -0.3 is 39.8 Å². The molecule has 0 saturated carbocycles. The average Bonchev–Trinajstić information content (AvgIpc) is 3.25. The summed E-state index contributed by atoms with van der Waals surface area (Å²) in [5, 5.41) is 48.3. The Hall–Kier alpha value is -1.16. The summed E-state index contributed by atoms with van der Waals surface area (Å²) >= 11 is 0. The Morgan fingerprint density at radius 2 is 0.985 bits per heavy atom. The van der Waals surface area contributed by atoms with Crippen LogP contribution in [-0.4, -0.2) is 92.9 Å². The van der Waals surface area contributed by atoms with Crippen LogP contribution < -0.4 is 5.32 Å². The van der Waals surface area contributed by atoms with E-state index in [1.54, 1.807) is 6.08 Å². The topological polar surface area (TPSA) is 195 Å². The van der Waals surface area contributed by atoms with Gasteiger partial charge in [0.1, 0.15) is 22.4 Å². The Labute approximate surface area is 404 Å². The van der Waals surface area contributed by atoms with Crippen molar-refractivity contribution in [3.8, 4) is 0 Å². The SMILES string of the molecule is CCCCCCCCCCCCC/C=C/C(O)C(COC1(C)OC(C)(CO)C(C)(O)C(C)(OS(=O)(=O)[O-])C1(C)O)NC(=O)CCCCCCCCCCCCCCCCCCCCCCC. The maximum absolute atomic E-state index is 13.3. The minimum Gasteiger partial charge on any atom is -0.726 e. The first kappa shape index (κ1) is 62.9. The Bertz CT molecular complexity index is 1380. The van der Waals surface area contributed by atoms with E-state index in [1.807, 2.05) is 6.08 Å². The third-order valence-corrected chi connectivity index (χ3v) is 15.4. The molecule has 13 heteroatoms. The number of allylic oxidation sites excluding steroid dienone is 1. The summed E-state index contributed by atoms with van der Waals surface area (Å²) in [5.41, 5.74) is -9.61. The number of aliphatic hydroxyl groups is 4. The Balaban J connectivity index is 2.68. The lowest BCUT2D eigenvalue weighted by atomic mass is 9.61. The smallest absolute Gasteiger partial charge is 0.220 e. The fraction of sp³-hybridized carbons (Fsp3) is 0.943. The summed E-state index contributed by atoms with van der Waals surface area (Å²) in [6, 6.07) is -1.02. The lowest BCUT2D eigenvalue weighted by Gasteiger charge is -2.66. The van der Waals surface area contributed by atoms with Crippen molar-refractivity contribution in [3.63, 3.8) is 0 Å². The number of carbonyl (C=O) groups is 1. The zero-order valence-electron chi connectivity index (χ0n) is 43.3. The highest BCUT2D eigenvalue weighted by Gasteiger charge is 2.76. The monoisotopic (exact) mass is 961 g/mol. The van der Waals surface area contributed by atoms with E-state index in [9.17, 15) is 38.2 Å². The van der Waals surface area contributed by atoms with Crippen LogP contribution in [-0.2, 0) is 28.9 Å². The summed E-state index contributed by atoms with van der Waals surface area (Å²) in [7, 11) is -5.52. The van der Waals surface area contributed by atoms with E-state index >= 15 is 0 Å². The minimum absolute atomic E-state index is 0.245. The molecule has 1 aliphatic heterocycles. The van der Waals surface area contributed by atoms with Crippen LogP contribution in [0.25, 0.3) is 0 Å². The number of aliphatic hydroxyl groups excluding tert-OH is 2. The highest BCUT2D eigenvalue weighted by molar-refractivity contribution is 7.80. The highest BCUT2D eigenvalue weighted by Crippen LogP contribution is 2.56. The number of unbranched alkanes of at least 4 members (excludes halogenated alkanes) is 31. The van der Waals surface area contributed by atoms with E-state index < -0.39 is 63.9 Å². The van der Waals surface area contributed by atoms with Crippen molar-refractivity contribution < 1.29 is 51.8 Å². The molecule has 0 bridgehead atoms. The van der Waals surface area contributed by atoms with Gasteiger partial charge in [-0.15, -0.1) is 0 Å². The molecular formula is C53H102NO11S-. The fourth-order valence-corrected chi connectivity index (χ4v) is 10.3. The molecule has 0 radical (unpaired) electrons. The number of rotatable bonds is 43. The van der Waals surface area contributed by atoms with Gasteiger partial charge in [0.2, 0.25) is 16.3 Å². The molecule has 1 aliphatic rings. The van der Waals surface area contributed by atoms with Gasteiger partial charge in [-0.2, -0.15) is 0 Å². The fourth-order valence-electron chi connectivity index (χ4n) is 9.53. The molecule has 1 fully saturated rings. The van der Waals surface area contributed by atoms with E-state index in [-0.39, 0.29) is 12.3 Å².